The van der Waals surface area contributed by atoms with Crippen LogP contribution in [-0.4, -0.2) is 39.3 Å². The van der Waals surface area contributed by atoms with Crippen LogP contribution in [0.4, 0.5) is 10.8 Å². The van der Waals surface area contributed by atoms with Crippen LogP contribution in [0.5, 0.6) is 0 Å². The van der Waals surface area contributed by atoms with Gasteiger partial charge in [-0.05, 0) is 44.2 Å². The molecule has 3 rings (SSSR count). The van der Waals surface area contributed by atoms with Crippen LogP contribution in [0.3, 0.4) is 0 Å². The van der Waals surface area contributed by atoms with Gasteiger partial charge in [0.2, 0.25) is 11.0 Å². The molecule has 1 fully saturated rings. The standard InChI is InChI=1S/C18H24N4OS2/c1-4-13-8-6-7-12(3)16(13)19-17-20-21-18(25-17)24-11-15(23)22(5-2)14-9-10-14/h6-8,14H,4-5,9-11H2,1-3H3,(H,19,20). The number of carbonyl (C=O) groups excluding carboxylic acids is 1. The molecule has 1 saturated carbocycles. The molecule has 5 nitrogen and oxygen atoms in total. The maximum Gasteiger partial charge on any atom is 0.233 e. The van der Waals surface area contributed by atoms with E-state index in [0.29, 0.717) is 11.8 Å². The van der Waals surface area contributed by atoms with Crippen molar-refractivity contribution in [2.75, 3.05) is 17.6 Å². The smallest absolute Gasteiger partial charge is 0.233 e. The first kappa shape index (κ1) is 18.2. The summed E-state index contributed by atoms with van der Waals surface area (Å²) in [5, 5.41) is 12.6. The molecule has 0 aliphatic heterocycles. The Bertz CT molecular complexity index is 742. The van der Waals surface area contributed by atoms with E-state index in [0.717, 1.165) is 41.0 Å². The topological polar surface area (TPSA) is 58.1 Å². The Morgan fingerprint density at radius 2 is 2.16 bits per heavy atom. The highest BCUT2D eigenvalue weighted by molar-refractivity contribution is 8.01. The summed E-state index contributed by atoms with van der Waals surface area (Å²) < 4.78 is 0.828. The number of anilines is 2. The second kappa shape index (κ2) is 8.19. The van der Waals surface area contributed by atoms with Gasteiger partial charge in [-0.1, -0.05) is 48.2 Å². The lowest BCUT2D eigenvalue weighted by molar-refractivity contribution is -0.128. The first-order chi connectivity index (χ1) is 12.1. The Hall–Kier alpha value is -1.60. The minimum Gasteiger partial charge on any atom is -0.339 e. The van der Waals surface area contributed by atoms with Crippen LogP contribution in [0, 0.1) is 6.92 Å². The molecule has 1 aliphatic rings. The maximum absolute atomic E-state index is 12.3. The van der Waals surface area contributed by atoms with Gasteiger partial charge < -0.3 is 10.2 Å². The molecule has 0 spiro atoms. The quantitative estimate of drug-likeness (QED) is 0.698. The number of aromatic nitrogens is 2. The molecule has 1 aromatic carbocycles. The molecule has 0 unspecified atom stereocenters. The van der Waals surface area contributed by atoms with E-state index in [1.54, 1.807) is 0 Å². The number of hydrogen-bond acceptors (Lipinski definition) is 6. The van der Waals surface area contributed by atoms with Gasteiger partial charge in [-0.25, -0.2) is 0 Å². The Morgan fingerprint density at radius 3 is 2.84 bits per heavy atom. The fourth-order valence-corrected chi connectivity index (χ4v) is 4.50. The monoisotopic (exact) mass is 376 g/mol. The van der Waals surface area contributed by atoms with E-state index < -0.39 is 0 Å². The van der Waals surface area contributed by atoms with Gasteiger partial charge in [-0.15, -0.1) is 10.2 Å². The highest BCUT2D eigenvalue weighted by Gasteiger charge is 2.31. The van der Waals surface area contributed by atoms with Gasteiger partial charge in [-0.3, -0.25) is 4.79 Å². The molecule has 0 atom stereocenters. The first-order valence-electron chi connectivity index (χ1n) is 8.73. The van der Waals surface area contributed by atoms with E-state index in [2.05, 4.69) is 47.6 Å². The Balaban J connectivity index is 1.60. The molecular weight excluding hydrogens is 352 g/mol. The maximum atomic E-state index is 12.3. The molecule has 2 aromatic rings. The van der Waals surface area contributed by atoms with Gasteiger partial charge in [0.25, 0.3) is 0 Å². The minimum absolute atomic E-state index is 0.201. The van der Waals surface area contributed by atoms with Crippen molar-refractivity contribution in [1.29, 1.82) is 0 Å². The van der Waals surface area contributed by atoms with Crippen LogP contribution in [-0.2, 0) is 11.2 Å². The Kier molecular flexibility index (Phi) is 5.96. The second-order valence-electron chi connectivity index (χ2n) is 6.16. The number of thioether (sulfide) groups is 1. The lowest BCUT2D eigenvalue weighted by atomic mass is 10.1. The SMILES string of the molecule is CCc1cccc(C)c1Nc1nnc(SCC(=O)N(CC)C2CC2)s1. The first-order valence-corrected chi connectivity index (χ1v) is 10.5. The molecule has 7 heteroatoms. The summed E-state index contributed by atoms with van der Waals surface area (Å²) >= 11 is 2.98. The van der Waals surface area contributed by atoms with Gasteiger partial charge >= 0.3 is 0 Å². The van der Waals surface area contributed by atoms with Crippen LogP contribution < -0.4 is 5.32 Å². The van der Waals surface area contributed by atoms with Crippen molar-refractivity contribution in [3.8, 4) is 0 Å². The molecule has 0 radical (unpaired) electrons. The van der Waals surface area contributed by atoms with Crippen molar-refractivity contribution < 1.29 is 4.79 Å². The van der Waals surface area contributed by atoms with Crippen LogP contribution >= 0.6 is 23.1 Å². The lowest BCUT2D eigenvalue weighted by Gasteiger charge is -2.19. The zero-order valence-electron chi connectivity index (χ0n) is 14.9. The van der Waals surface area contributed by atoms with Gasteiger partial charge in [0, 0.05) is 18.3 Å². The predicted octanol–water partition coefficient (Wildman–Crippen LogP) is 4.26. The third-order valence-corrected chi connectivity index (χ3v) is 6.30. The summed E-state index contributed by atoms with van der Waals surface area (Å²) in [7, 11) is 0. The van der Waals surface area contributed by atoms with Crippen LogP contribution in [0.2, 0.25) is 0 Å². The number of nitrogens with zero attached hydrogens (tertiary/aromatic N) is 3. The van der Waals surface area contributed by atoms with E-state index in [9.17, 15) is 4.79 Å². The molecule has 1 heterocycles. The van der Waals surface area contributed by atoms with Gasteiger partial charge in [-0.2, -0.15) is 0 Å². The third kappa shape index (κ3) is 4.52. The van der Waals surface area contributed by atoms with E-state index >= 15 is 0 Å². The van der Waals surface area contributed by atoms with Crippen molar-refractivity contribution in [1.82, 2.24) is 15.1 Å². The molecular formula is C18H24N4OS2. The molecule has 25 heavy (non-hydrogen) atoms. The predicted molar refractivity (Wildman–Crippen MR) is 105 cm³/mol. The number of benzene rings is 1. The number of rotatable bonds is 8. The van der Waals surface area contributed by atoms with Crippen molar-refractivity contribution in [3.63, 3.8) is 0 Å². The summed E-state index contributed by atoms with van der Waals surface area (Å²) in [6.07, 6.45) is 3.26. The highest BCUT2D eigenvalue weighted by atomic mass is 32.2. The average molecular weight is 377 g/mol. The van der Waals surface area contributed by atoms with Crippen LogP contribution in [0.25, 0.3) is 0 Å². The molecule has 1 aliphatic carbocycles. The number of carbonyl (C=O) groups is 1. The third-order valence-electron chi connectivity index (χ3n) is 4.35. The van der Waals surface area contributed by atoms with Gasteiger partial charge in [0.15, 0.2) is 4.34 Å². The summed E-state index contributed by atoms with van der Waals surface area (Å²) in [6, 6.07) is 6.76. The fourth-order valence-electron chi connectivity index (χ4n) is 2.86. The lowest BCUT2D eigenvalue weighted by Crippen LogP contribution is -2.34. The average Bonchev–Trinajstić information content (AvgIpc) is 3.34. The van der Waals surface area contributed by atoms with E-state index in [1.165, 1.54) is 34.2 Å². The molecule has 0 saturated heterocycles. The van der Waals surface area contributed by atoms with Crippen LogP contribution in [0.1, 0.15) is 37.8 Å². The van der Waals surface area contributed by atoms with Gasteiger partial charge in [0.1, 0.15) is 0 Å². The number of para-hydroxylation sites is 1. The summed E-state index contributed by atoms with van der Waals surface area (Å²) in [4.78, 5) is 14.3. The minimum atomic E-state index is 0.201. The Labute approximate surface area is 157 Å². The zero-order chi connectivity index (χ0) is 17.8. The molecule has 1 N–H and O–H groups in total. The largest absolute Gasteiger partial charge is 0.339 e. The number of nitrogens with one attached hydrogen (secondary N) is 1. The normalized spacial score (nSPS) is 13.7. The van der Waals surface area contributed by atoms with Crippen molar-refractivity contribution in [2.24, 2.45) is 0 Å². The van der Waals surface area contributed by atoms with Gasteiger partial charge in [0.05, 0.1) is 5.75 Å². The number of hydrogen-bond donors (Lipinski definition) is 1. The highest BCUT2D eigenvalue weighted by Crippen LogP contribution is 2.32. The zero-order valence-corrected chi connectivity index (χ0v) is 16.5. The summed E-state index contributed by atoms with van der Waals surface area (Å²) in [6.45, 7) is 7.07. The second-order valence-corrected chi connectivity index (χ2v) is 8.36. The summed E-state index contributed by atoms with van der Waals surface area (Å²) in [5.74, 6) is 0.635. The molecule has 134 valence electrons. The number of amides is 1. The molecule has 0 bridgehead atoms. The van der Waals surface area contributed by atoms with Crippen molar-refractivity contribution in [2.45, 2.75) is 50.4 Å². The van der Waals surface area contributed by atoms with E-state index in [-0.39, 0.29) is 5.91 Å². The van der Waals surface area contributed by atoms with Crippen molar-refractivity contribution in [3.05, 3.63) is 29.3 Å². The van der Waals surface area contributed by atoms with E-state index in [4.69, 9.17) is 0 Å². The summed E-state index contributed by atoms with van der Waals surface area (Å²) in [5.41, 5.74) is 3.57. The van der Waals surface area contributed by atoms with Crippen LogP contribution in [0.15, 0.2) is 22.5 Å². The number of aryl methyl sites for hydroxylation is 2. The fraction of sp³-hybridized carbons (Fsp3) is 0.500. The Morgan fingerprint density at radius 1 is 1.36 bits per heavy atom. The van der Waals surface area contributed by atoms with Crippen molar-refractivity contribution >= 4 is 39.8 Å². The van der Waals surface area contributed by atoms with E-state index in [1.807, 2.05) is 11.8 Å². The molecule has 1 amide bonds. The molecule has 1 aromatic heterocycles.